The van der Waals surface area contributed by atoms with E-state index in [1.54, 1.807) is 6.07 Å². The van der Waals surface area contributed by atoms with Crippen LogP contribution in [0.5, 0.6) is 0 Å². The predicted octanol–water partition coefficient (Wildman–Crippen LogP) is 1.57. The minimum atomic E-state index is -3.70. The van der Waals surface area contributed by atoms with Gasteiger partial charge in [0.25, 0.3) is 5.91 Å². The van der Waals surface area contributed by atoms with Gasteiger partial charge < -0.3 is 19.8 Å². The number of hydrogen-bond acceptors (Lipinski definition) is 6. The van der Waals surface area contributed by atoms with Crippen molar-refractivity contribution in [2.45, 2.75) is 23.6 Å². The van der Waals surface area contributed by atoms with Crippen molar-refractivity contribution in [2.24, 2.45) is 5.92 Å². The summed E-state index contributed by atoms with van der Waals surface area (Å²) in [5, 5.41) is 5.33. The summed E-state index contributed by atoms with van der Waals surface area (Å²) in [5.41, 5.74) is 0.456. The first kappa shape index (κ1) is 20.3. The molecule has 0 spiro atoms. The number of amides is 2. The van der Waals surface area contributed by atoms with Gasteiger partial charge in [0.1, 0.15) is 6.23 Å². The maximum absolute atomic E-state index is 13.0. The smallest absolute Gasteiger partial charge is 0.291 e. The fraction of sp³-hybridized carbons (Fsp3) is 0.300. The minimum Gasteiger partial charge on any atom is -0.459 e. The summed E-state index contributed by atoms with van der Waals surface area (Å²) in [5.74, 6) is -0.554. The fourth-order valence-electron chi connectivity index (χ4n) is 3.69. The van der Waals surface area contributed by atoms with Gasteiger partial charge in [0.2, 0.25) is 15.9 Å². The first-order valence-electron chi connectivity index (χ1n) is 9.40. The summed E-state index contributed by atoms with van der Waals surface area (Å²) in [6.45, 7) is 3.96. The lowest BCUT2D eigenvalue weighted by molar-refractivity contribution is -0.120. The van der Waals surface area contributed by atoms with Crippen LogP contribution < -0.4 is 10.6 Å². The molecule has 158 valence electrons. The molecule has 3 unspecified atom stereocenters. The molecule has 2 amide bonds. The van der Waals surface area contributed by atoms with Crippen molar-refractivity contribution >= 4 is 27.5 Å². The van der Waals surface area contributed by atoms with Crippen molar-refractivity contribution in [3.63, 3.8) is 0 Å². The van der Waals surface area contributed by atoms with Crippen molar-refractivity contribution in [3.05, 3.63) is 61.1 Å². The molecular weight excluding hydrogens is 410 g/mol. The third-order valence-electron chi connectivity index (χ3n) is 5.19. The Bertz CT molecular complexity index is 1030. The van der Waals surface area contributed by atoms with Gasteiger partial charge >= 0.3 is 0 Å². The van der Waals surface area contributed by atoms with Gasteiger partial charge in [-0.05, 0) is 48.9 Å². The number of furan rings is 1. The fourth-order valence-corrected chi connectivity index (χ4v) is 5.20. The minimum absolute atomic E-state index is 0.0155. The number of benzene rings is 1. The molecule has 1 aromatic carbocycles. The summed E-state index contributed by atoms with van der Waals surface area (Å²) in [4.78, 5) is 23.6. The lowest BCUT2D eigenvalue weighted by Gasteiger charge is -2.19. The Morgan fingerprint density at radius 2 is 1.93 bits per heavy atom. The number of fused-ring (bicyclic) bond motifs is 1. The number of nitrogens with one attached hydrogen (secondary N) is 2. The van der Waals surface area contributed by atoms with E-state index in [1.165, 1.54) is 47.0 Å². The summed E-state index contributed by atoms with van der Waals surface area (Å²) < 4.78 is 38.2. The van der Waals surface area contributed by atoms with Crippen LogP contribution in [0.3, 0.4) is 0 Å². The van der Waals surface area contributed by atoms with E-state index < -0.39 is 22.2 Å². The third-order valence-corrected chi connectivity index (χ3v) is 7.03. The van der Waals surface area contributed by atoms with Crippen LogP contribution in [0.15, 0.2) is 64.6 Å². The Labute approximate surface area is 173 Å². The van der Waals surface area contributed by atoms with E-state index in [0.717, 1.165) is 0 Å². The molecule has 2 aliphatic rings. The molecule has 2 N–H and O–H groups in total. The number of ether oxygens (including phenoxy) is 1. The molecule has 3 heterocycles. The molecule has 2 aromatic rings. The molecule has 0 aliphatic carbocycles. The number of carbonyl (C=O) groups is 2. The van der Waals surface area contributed by atoms with Gasteiger partial charge in [-0.2, -0.15) is 4.31 Å². The van der Waals surface area contributed by atoms with Crippen LogP contribution >= 0.6 is 0 Å². The van der Waals surface area contributed by atoms with Crippen LogP contribution in [0.25, 0.3) is 0 Å². The number of hydrogen-bond donors (Lipinski definition) is 2. The number of nitrogens with zero attached hydrogens (tertiary/aromatic N) is 1. The number of sulfonamides is 1. The van der Waals surface area contributed by atoms with Crippen molar-refractivity contribution in [3.8, 4) is 0 Å². The summed E-state index contributed by atoms with van der Waals surface area (Å²) in [6.07, 6.45) is 2.44. The van der Waals surface area contributed by atoms with Gasteiger partial charge in [-0.1, -0.05) is 6.58 Å². The maximum Gasteiger partial charge on any atom is 0.291 e. The number of carbonyl (C=O) groups excluding carboxylic acids is 2. The SMILES string of the molecule is C=CC(=O)NC1CC2CN(S(=O)(=O)c3ccc(NC(=O)c4ccco4)cc3)CC2O1. The van der Waals surface area contributed by atoms with E-state index in [0.29, 0.717) is 18.7 Å². The van der Waals surface area contributed by atoms with Crippen LogP contribution in [-0.2, 0) is 19.6 Å². The first-order chi connectivity index (χ1) is 14.4. The predicted molar refractivity (Wildman–Crippen MR) is 107 cm³/mol. The largest absolute Gasteiger partial charge is 0.459 e. The van der Waals surface area contributed by atoms with Gasteiger partial charge in [0.05, 0.1) is 17.3 Å². The molecule has 3 atom stereocenters. The molecule has 1 aromatic heterocycles. The lowest BCUT2D eigenvalue weighted by atomic mass is 10.1. The van der Waals surface area contributed by atoms with Crippen LogP contribution in [0.1, 0.15) is 17.0 Å². The second-order valence-corrected chi connectivity index (χ2v) is 9.09. The van der Waals surface area contributed by atoms with Crippen molar-refractivity contribution in [1.82, 2.24) is 9.62 Å². The molecule has 2 fully saturated rings. The van der Waals surface area contributed by atoms with Crippen LogP contribution in [-0.4, -0.2) is 50.0 Å². The molecule has 10 heteroatoms. The second-order valence-electron chi connectivity index (χ2n) is 7.15. The highest BCUT2D eigenvalue weighted by Crippen LogP contribution is 2.35. The molecule has 9 nitrogen and oxygen atoms in total. The molecule has 0 saturated carbocycles. The van der Waals surface area contributed by atoms with E-state index in [9.17, 15) is 18.0 Å². The van der Waals surface area contributed by atoms with Crippen LogP contribution in [0.2, 0.25) is 0 Å². The van der Waals surface area contributed by atoms with E-state index in [-0.39, 0.29) is 35.1 Å². The molecule has 30 heavy (non-hydrogen) atoms. The zero-order chi connectivity index (χ0) is 21.3. The molecule has 0 radical (unpaired) electrons. The molecule has 2 saturated heterocycles. The molecule has 0 bridgehead atoms. The zero-order valence-corrected chi connectivity index (χ0v) is 16.8. The zero-order valence-electron chi connectivity index (χ0n) is 16.0. The Morgan fingerprint density at radius 1 is 1.17 bits per heavy atom. The maximum atomic E-state index is 13.0. The van der Waals surface area contributed by atoms with Crippen molar-refractivity contribution in [2.75, 3.05) is 18.4 Å². The quantitative estimate of drug-likeness (QED) is 0.671. The molecular formula is C20H21N3O6S. The van der Waals surface area contributed by atoms with Crippen LogP contribution in [0, 0.1) is 5.92 Å². The van der Waals surface area contributed by atoms with E-state index in [4.69, 9.17) is 9.15 Å². The second kappa shape index (κ2) is 8.05. The van der Waals surface area contributed by atoms with Crippen molar-refractivity contribution < 1.29 is 27.2 Å². The Kier molecular flexibility index (Phi) is 5.46. The molecule has 4 rings (SSSR count). The first-order valence-corrected chi connectivity index (χ1v) is 10.8. The Balaban J connectivity index is 1.38. The Morgan fingerprint density at radius 3 is 2.57 bits per heavy atom. The highest BCUT2D eigenvalue weighted by atomic mass is 32.2. The van der Waals surface area contributed by atoms with Crippen molar-refractivity contribution in [1.29, 1.82) is 0 Å². The average molecular weight is 431 g/mol. The average Bonchev–Trinajstić information content (AvgIpc) is 3.45. The lowest BCUT2D eigenvalue weighted by Crippen LogP contribution is -2.37. The van der Waals surface area contributed by atoms with Gasteiger partial charge in [-0.3, -0.25) is 9.59 Å². The number of rotatable bonds is 6. The highest BCUT2D eigenvalue weighted by Gasteiger charge is 2.46. The normalized spacial score (nSPS) is 23.7. The van der Waals surface area contributed by atoms with Gasteiger partial charge in [0.15, 0.2) is 5.76 Å². The third kappa shape index (κ3) is 4.02. The van der Waals surface area contributed by atoms with E-state index in [2.05, 4.69) is 17.2 Å². The number of anilines is 1. The van der Waals surface area contributed by atoms with Gasteiger partial charge in [-0.25, -0.2) is 8.42 Å². The van der Waals surface area contributed by atoms with Crippen LogP contribution in [0.4, 0.5) is 5.69 Å². The van der Waals surface area contributed by atoms with Gasteiger partial charge in [-0.15, -0.1) is 0 Å². The summed E-state index contributed by atoms with van der Waals surface area (Å²) in [7, 11) is -3.70. The van der Waals surface area contributed by atoms with E-state index in [1.807, 2.05) is 0 Å². The summed E-state index contributed by atoms with van der Waals surface area (Å²) >= 11 is 0. The molecule has 2 aliphatic heterocycles. The highest BCUT2D eigenvalue weighted by molar-refractivity contribution is 7.89. The summed E-state index contributed by atoms with van der Waals surface area (Å²) in [6, 6.07) is 9.11. The van der Waals surface area contributed by atoms with E-state index >= 15 is 0 Å². The van der Waals surface area contributed by atoms with Gasteiger partial charge in [0, 0.05) is 24.7 Å². The Hall–Kier alpha value is -2.95. The standard InChI is InChI=1S/C20H21N3O6S/c1-2-18(24)22-19-10-13-11-23(12-17(13)29-19)30(26,27)15-7-5-14(6-8-15)21-20(25)16-4-3-9-28-16/h2-9,13,17,19H,1,10-12H2,(H,21,25)(H,22,24). The topological polar surface area (TPSA) is 118 Å². The monoisotopic (exact) mass is 431 g/mol.